The molecule has 0 saturated carbocycles. The number of carbonyl (C=O) groups excluding carboxylic acids is 2. The van der Waals surface area contributed by atoms with E-state index in [1.54, 1.807) is 60.7 Å². The van der Waals surface area contributed by atoms with Crippen molar-refractivity contribution in [1.82, 2.24) is 4.98 Å². The zero-order chi connectivity index (χ0) is 21.9. The summed E-state index contributed by atoms with van der Waals surface area (Å²) in [6, 6.07) is 1.62. The molecule has 1 rings (SSSR count). The molecule has 1 heterocycles. The average Bonchev–Trinajstić information content (AvgIpc) is 2.43. The molecule has 0 N–H and O–H groups in total. The van der Waals surface area contributed by atoms with Gasteiger partial charge in [0.1, 0.15) is 25.0 Å². The Labute approximate surface area is 169 Å². The number of nitrogens with zero attached hydrogens (tertiary/aromatic N) is 2. The Morgan fingerprint density at radius 3 is 1.86 bits per heavy atom. The maximum absolute atomic E-state index is 12.8. The quantitative estimate of drug-likeness (QED) is 0.469. The van der Waals surface area contributed by atoms with Crippen molar-refractivity contribution in [3.05, 3.63) is 23.5 Å². The van der Waals surface area contributed by atoms with Crippen LogP contribution in [0.25, 0.3) is 0 Å². The third kappa shape index (κ3) is 8.13. The second kappa shape index (κ2) is 8.35. The molecule has 0 aliphatic heterocycles. The van der Waals surface area contributed by atoms with E-state index in [9.17, 15) is 9.59 Å². The molecule has 2 amide bonds. The number of hydrogen-bond donors (Lipinski definition) is 0. The summed E-state index contributed by atoms with van der Waals surface area (Å²) in [6.45, 7) is 18.6. The van der Waals surface area contributed by atoms with Crippen LogP contribution in [0.3, 0.4) is 0 Å². The van der Waals surface area contributed by atoms with Gasteiger partial charge in [-0.25, -0.2) is 14.6 Å². The van der Waals surface area contributed by atoms with Crippen LogP contribution in [0.5, 0.6) is 0 Å². The summed E-state index contributed by atoms with van der Waals surface area (Å²) in [4.78, 5) is 30.9. The van der Waals surface area contributed by atoms with Crippen molar-refractivity contribution in [3.63, 3.8) is 0 Å². The highest BCUT2D eigenvalue weighted by Gasteiger charge is 2.33. The number of amides is 2. The number of aromatic nitrogens is 1. The topological polar surface area (TPSA) is 68.7 Å². The lowest BCUT2D eigenvalue weighted by molar-refractivity contribution is 0.0430. The van der Waals surface area contributed by atoms with Gasteiger partial charge in [-0.3, -0.25) is 0 Å². The molecule has 0 aromatic carbocycles. The summed E-state index contributed by atoms with van der Waals surface area (Å²) in [5.41, 5.74) is 3.17. The van der Waals surface area contributed by atoms with Gasteiger partial charge in [-0.1, -0.05) is 25.6 Å². The van der Waals surface area contributed by atoms with Crippen LogP contribution in [0.2, 0.25) is 19.6 Å². The first-order chi connectivity index (χ1) is 12.5. The minimum absolute atomic E-state index is 0.346. The molecule has 28 heavy (non-hydrogen) atoms. The van der Waals surface area contributed by atoms with Crippen molar-refractivity contribution in [2.45, 2.75) is 79.3 Å². The molecule has 0 saturated heterocycles. The molecule has 1 aromatic heterocycles. The highest BCUT2D eigenvalue weighted by atomic mass is 28.3. The van der Waals surface area contributed by atoms with E-state index >= 15 is 0 Å². The van der Waals surface area contributed by atoms with Crippen LogP contribution in [-0.4, -0.2) is 36.4 Å². The molecular formula is C21H32N2O4Si. The van der Waals surface area contributed by atoms with Gasteiger partial charge in [0.25, 0.3) is 0 Å². The number of hydrogen-bond acceptors (Lipinski definition) is 5. The Kier molecular flexibility index (Phi) is 7.07. The highest BCUT2D eigenvalue weighted by Crippen LogP contribution is 2.25. The standard InChI is InChI=1S/C21H32N2O4Si/c1-15-14-22-16(11-12-28(8,9)10)13-17(15)23(18(24)26-20(2,3)4)19(25)27-21(5,6)7/h13-14H,1-10H3. The van der Waals surface area contributed by atoms with Gasteiger partial charge in [0.2, 0.25) is 0 Å². The Morgan fingerprint density at radius 1 is 1.00 bits per heavy atom. The minimum Gasteiger partial charge on any atom is -0.443 e. The van der Waals surface area contributed by atoms with E-state index in [-0.39, 0.29) is 0 Å². The molecule has 7 heteroatoms. The molecule has 1 aromatic rings. The van der Waals surface area contributed by atoms with Crippen molar-refractivity contribution in [2.75, 3.05) is 4.90 Å². The summed E-state index contributed by atoms with van der Waals surface area (Å²) < 4.78 is 10.9. The van der Waals surface area contributed by atoms with E-state index in [0.29, 0.717) is 16.9 Å². The number of carbonyl (C=O) groups is 2. The molecule has 0 aliphatic rings. The van der Waals surface area contributed by atoms with Gasteiger partial charge in [-0.2, -0.15) is 4.90 Å². The SMILES string of the molecule is Cc1cnc(C#C[Si](C)(C)C)cc1N(C(=O)OC(C)(C)C)C(=O)OC(C)(C)C. The molecule has 0 unspecified atom stereocenters. The van der Waals surface area contributed by atoms with Crippen molar-refractivity contribution in [2.24, 2.45) is 0 Å². The molecule has 0 radical (unpaired) electrons. The minimum atomic E-state index is -1.60. The first kappa shape index (κ1) is 23.7. The fourth-order valence-corrected chi connectivity index (χ4v) is 2.46. The molecule has 0 spiro atoms. The fourth-order valence-electron chi connectivity index (χ4n) is 1.96. The monoisotopic (exact) mass is 404 g/mol. The summed E-state index contributed by atoms with van der Waals surface area (Å²) in [7, 11) is -1.60. The Hall–Kier alpha value is -2.33. The van der Waals surface area contributed by atoms with Crippen molar-refractivity contribution >= 4 is 25.9 Å². The van der Waals surface area contributed by atoms with E-state index in [1.807, 2.05) is 0 Å². The first-order valence-electron chi connectivity index (χ1n) is 9.24. The second-order valence-corrected chi connectivity index (χ2v) is 14.4. The van der Waals surface area contributed by atoms with Gasteiger partial charge in [-0.05, 0) is 60.1 Å². The van der Waals surface area contributed by atoms with Crippen molar-refractivity contribution < 1.29 is 19.1 Å². The second-order valence-electron chi connectivity index (χ2n) is 9.65. The number of aryl methyl sites for hydroxylation is 1. The van der Waals surface area contributed by atoms with Gasteiger partial charge in [0, 0.05) is 6.20 Å². The van der Waals surface area contributed by atoms with Gasteiger partial charge in [0.15, 0.2) is 0 Å². The van der Waals surface area contributed by atoms with Crippen LogP contribution in [-0.2, 0) is 9.47 Å². The fraction of sp³-hybridized carbons (Fsp3) is 0.571. The van der Waals surface area contributed by atoms with E-state index < -0.39 is 31.5 Å². The number of rotatable bonds is 1. The maximum atomic E-state index is 12.8. The summed E-state index contributed by atoms with van der Waals surface area (Å²) in [5, 5.41) is 0. The van der Waals surface area contributed by atoms with Crippen LogP contribution in [0, 0.1) is 18.4 Å². The zero-order valence-electron chi connectivity index (χ0n) is 18.7. The smallest absolute Gasteiger partial charge is 0.424 e. The van der Waals surface area contributed by atoms with Gasteiger partial charge in [-0.15, -0.1) is 5.54 Å². The lowest BCUT2D eigenvalue weighted by Gasteiger charge is -2.29. The number of anilines is 1. The van der Waals surface area contributed by atoms with Crippen LogP contribution in [0.1, 0.15) is 52.8 Å². The Balaban J connectivity index is 3.45. The normalized spacial score (nSPS) is 11.9. The van der Waals surface area contributed by atoms with E-state index in [4.69, 9.17) is 9.47 Å². The molecular weight excluding hydrogens is 372 g/mol. The number of pyridine rings is 1. The molecule has 0 aliphatic carbocycles. The van der Waals surface area contributed by atoms with Gasteiger partial charge in [0.05, 0.1) is 5.69 Å². The van der Waals surface area contributed by atoms with Gasteiger partial charge >= 0.3 is 12.2 Å². The predicted octanol–water partition coefficient (Wildman–Crippen LogP) is 5.30. The van der Waals surface area contributed by atoms with E-state index in [1.165, 1.54) is 0 Å². The van der Waals surface area contributed by atoms with Crippen LogP contribution in [0.4, 0.5) is 15.3 Å². The molecule has 0 bridgehead atoms. The van der Waals surface area contributed by atoms with Crippen LogP contribution in [0.15, 0.2) is 12.3 Å². The average molecular weight is 405 g/mol. The third-order valence-electron chi connectivity index (χ3n) is 3.03. The summed E-state index contributed by atoms with van der Waals surface area (Å²) in [6.07, 6.45) is -0.0222. The lowest BCUT2D eigenvalue weighted by atomic mass is 10.2. The van der Waals surface area contributed by atoms with Crippen molar-refractivity contribution in [1.29, 1.82) is 0 Å². The lowest BCUT2D eigenvalue weighted by Crippen LogP contribution is -2.44. The van der Waals surface area contributed by atoms with Crippen LogP contribution < -0.4 is 4.90 Å². The van der Waals surface area contributed by atoms with Crippen LogP contribution >= 0.6 is 0 Å². The van der Waals surface area contributed by atoms with E-state index in [0.717, 1.165) is 4.90 Å². The van der Waals surface area contributed by atoms with E-state index in [2.05, 4.69) is 36.1 Å². The zero-order valence-corrected chi connectivity index (χ0v) is 19.7. The number of ether oxygens (including phenoxy) is 2. The Morgan fingerprint density at radius 2 is 1.46 bits per heavy atom. The summed E-state index contributed by atoms with van der Waals surface area (Å²) in [5.74, 6) is 3.05. The Bertz CT molecular complexity index is 775. The molecule has 154 valence electrons. The van der Waals surface area contributed by atoms with Gasteiger partial charge < -0.3 is 9.47 Å². The highest BCUT2D eigenvalue weighted by molar-refractivity contribution is 6.83. The molecule has 0 atom stereocenters. The number of imide groups is 1. The largest absolute Gasteiger partial charge is 0.443 e. The molecule has 0 fully saturated rings. The third-order valence-corrected chi connectivity index (χ3v) is 3.91. The maximum Gasteiger partial charge on any atom is 0.424 e. The summed E-state index contributed by atoms with van der Waals surface area (Å²) >= 11 is 0. The predicted molar refractivity (Wildman–Crippen MR) is 114 cm³/mol. The van der Waals surface area contributed by atoms with Crippen molar-refractivity contribution in [3.8, 4) is 11.5 Å². The molecule has 6 nitrogen and oxygen atoms in total. The first-order valence-corrected chi connectivity index (χ1v) is 12.7.